The van der Waals surface area contributed by atoms with Crippen molar-refractivity contribution in [2.24, 2.45) is 0 Å². The average Bonchev–Trinajstić information content (AvgIpc) is 2.77. The first-order valence-electron chi connectivity index (χ1n) is 8.23. The maximum Gasteiger partial charge on any atom is 0.0708 e. The molecule has 0 amide bonds. The van der Waals surface area contributed by atoms with Gasteiger partial charge in [0.2, 0.25) is 0 Å². The fourth-order valence-corrected chi connectivity index (χ4v) is 3.54. The highest BCUT2D eigenvalue weighted by Gasteiger charge is 2.40. The van der Waals surface area contributed by atoms with Gasteiger partial charge in [0.15, 0.2) is 0 Å². The van der Waals surface area contributed by atoms with Gasteiger partial charge in [0.05, 0.1) is 11.7 Å². The first-order valence-corrected chi connectivity index (χ1v) is 8.23. The van der Waals surface area contributed by atoms with Gasteiger partial charge in [0, 0.05) is 6.54 Å². The highest BCUT2D eigenvalue weighted by Crippen LogP contribution is 2.41. The number of hydrogen-bond donors (Lipinski definition) is 1. The Morgan fingerprint density at radius 1 is 1.11 bits per heavy atom. The van der Waals surface area contributed by atoms with Crippen LogP contribution in [0.15, 0.2) is 0 Å². The fraction of sp³-hybridized carbons (Fsp3) is 1.00. The van der Waals surface area contributed by atoms with Gasteiger partial charge in [-0.1, -0.05) is 19.3 Å². The Labute approximate surface area is 119 Å². The van der Waals surface area contributed by atoms with Gasteiger partial charge in [-0.2, -0.15) is 0 Å². The van der Waals surface area contributed by atoms with Crippen molar-refractivity contribution in [1.82, 2.24) is 10.2 Å². The van der Waals surface area contributed by atoms with Crippen molar-refractivity contribution in [2.45, 2.75) is 69.5 Å². The third kappa shape index (κ3) is 5.05. The molecule has 1 spiro atoms. The van der Waals surface area contributed by atoms with Gasteiger partial charge in [-0.05, 0) is 65.7 Å². The van der Waals surface area contributed by atoms with Crippen LogP contribution in [-0.4, -0.2) is 50.3 Å². The van der Waals surface area contributed by atoms with Gasteiger partial charge in [-0.3, -0.25) is 0 Å². The Bertz CT molecular complexity index is 249. The molecule has 0 radical (unpaired) electrons. The summed E-state index contributed by atoms with van der Waals surface area (Å²) < 4.78 is 6.36. The minimum absolute atomic E-state index is 0.287. The second kappa shape index (κ2) is 7.61. The fourth-order valence-electron chi connectivity index (χ4n) is 3.54. The smallest absolute Gasteiger partial charge is 0.0708 e. The van der Waals surface area contributed by atoms with Crippen LogP contribution in [0.1, 0.15) is 57.8 Å². The molecule has 1 saturated heterocycles. The minimum Gasteiger partial charge on any atom is -0.370 e. The zero-order valence-corrected chi connectivity index (χ0v) is 12.9. The average molecular weight is 268 g/mol. The van der Waals surface area contributed by atoms with Crippen LogP contribution in [-0.2, 0) is 4.74 Å². The number of rotatable bonds is 7. The van der Waals surface area contributed by atoms with Crippen molar-refractivity contribution >= 4 is 0 Å². The molecule has 1 atom stereocenters. The van der Waals surface area contributed by atoms with Crippen LogP contribution in [0.3, 0.4) is 0 Å². The molecule has 2 fully saturated rings. The zero-order valence-electron chi connectivity index (χ0n) is 12.9. The molecule has 3 nitrogen and oxygen atoms in total. The van der Waals surface area contributed by atoms with E-state index < -0.39 is 0 Å². The van der Waals surface area contributed by atoms with E-state index >= 15 is 0 Å². The number of nitrogens with zero attached hydrogens (tertiary/aromatic N) is 1. The Hall–Kier alpha value is -0.120. The van der Waals surface area contributed by atoms with Crippen LogP contribution < -0.4 is 5.32 Å². The summed E-state index contributed by atoms with van der Waals surface area (Å²) in [6.07, 6.45) is 12.4. The molecule has 1 heterocycles. The summed E-state index contributed by atoms with van der Waals surface area (Å²) in [5.74, 6) is 0. The summed E-state index contributed by atoms with van der Waals surface area (Å²) >= 11 is 0. The maximum absolute atomic E-state index is 6.36. The Morgan fingerprint density at radius 2 is 1.89 bits per heavy atom. The topological polar surface area (TPSA) is 24.5 Å². The van der Waals surface area contributed by atoms with Crippen LogP contribution in [0.2, 0.25) is 0 Å². The SMILES string of the molecule is CN(C)CCCCNCC1CCC2(CCCCC2)O1. The highest BCUT2D eigenvalue weighted by atomic mass is 16.5. The molecule has 1 N–H and O–H groups in total. The number of unbranched alkanes of at least 4 members (excludes halogenated alkanes) is 1. The lowest BCUT2D eigenvalue weighted by Crippen LogP contribution is -2.34. The quantitative estimate of drug-likeness (QED) is 0.719. The van der Waals surface area contributed by atoms with E-state index in [1.165, 1.54) is 64.3 Å². The van der Waals surface area contributed by atoms with Gasteiger partial charge in [0.25, 0.3) is 0 Å². The van der Waals surface area contributed by atoms with E-state index in [1.54, 1.807) is 0 Å². The summed E-state index contributed by atoms with van der Waals surface area (Å²) in [5, 5.41) is 3.58. The van der Waals surface area contributed by atoms with Gasteiger partial charge in [-0.15, -0.1) is 0 Å². The van der Waals surface area contributed by atoms with Gasteiger partial charge in [-0.25, -0.2) is 0 Å². The molecule has 2 rings (SSSR count). The van der Waals surface area contributed by atoms with E-state index in [9.17, 15) is 0 Å². The summed E-state index contributed by atoms with van der Waals surface area (Å²) in [7, 11) is 4.28. The van der Waals surface area contributed by atoms with Crippen molar-refractivity contribution in [3.63, 3.8) is 0 Å². The predicted octanol–water partition coefficient (Wildman–Crippen LogP) is 2.80. The molecule has 1 aliphatic heterocycles. The second-order valence-corrected chi connectivity index (χ2v) is 6.74. The lowest BCUT2D eigenvalue weighted by Gasteiger charge is -2.33. The van der Waals surface area contributed by atoms with Crippen molar-refractivity contribution < 1.29 is 4.74 Å². The molecule has 0 bridgehead atoms. The van der Waals surface area contributed by atoms with Crippen molar-refractivity contribution in [1.29, 1.82) is 0 Å². The summed E-state index contributed by atoms with van der Waals surface area (Å²) in [4.78, 5) is 2.26. The van der Waals surface area contributed by atoms with E-state index in [0.717, 1.165) is 13.1 Å². The maximum atomic E-state index is 6.36. The lowest BCUT2D eigenvalue weighted by atomic mass is 9.83. The van der Waals surface area contributed by atoms with Crippen LogP contribution in [0.5, 0.6) is 0 Å². The molecule has 112 valence electrons. The molecule has 0 aromatic heterocycles. The molecule has 0 aromatic rings. The van der Waals surface area contributed by atoms with Crippen LogP contribution in [0, 0.1) is 0 Å². The standard InChI is InChI=1S/C16H32N2O/c1-18(2)13-7-6-12-17-14-15-8-11-16(19-15)9-4-3-5-10-16/h15,17H,3-14H2,1-2H3. The zero-order chi connectivity index (χ0) is 13.6. The van der Waals surface area contributed by atoms with Gasteiger partial charge < -0.3 is 15.0 Å². The van der Waals surface area contributed by atoms with E-state index in [2.05, 4.69) is 24.3 Å². The molecule has 19 heavy (non-hydrogen) atoms. The van der Waals surface area contributed by atoms with E-state index in [4.69, 9.17) is 4.74 Å². The minimum atomic E-state index is 0.287. The van der Waals surface area contributed by atoms with Crippen molar-refractivity contribution in [3.05, 3.63) is 0 Å². The summed E-state index contributed by atoms with van der Waals surface area (Å²) in [6, 6.07) is 0. The third-order valence-corrected chi connectivity index (χ3v) is 4.68. The first kappa shape index (κ1) is 15.3. The highest BCUT2D eigenvalue weighted by molar-refractivity contribution is 4.91. The van der Waals surface area contributed by atoms with Crippen LogP contribution in [0.4, 0.5) is 0 Å². The largest absolute Gasteiger partial charge is 0.370 e. The molecule has 3 heteroatoms. The van der Waals surface area contributed by atoms with E-state index in [-0.39, 0.29) is 5.60 Å². The Balaban J connectivity index is 1.53. The van der Waals surface area contributed by atoms with Crippen LogP contribution >= 0.6 is 0 Å². The molecule has 1 saturated carbocycles. The first-order chi connectivity index (χ1) is 9.20. The molecule has 1 unspecified atom stereocenters. The summed E-state index contributed by atoms with van der Waals surface area (Å²) in [5.41, 5.74) is 0.287. The Morgan fingerprint density at radius 3 is 2.63 bits per heavy atom. The third-order valence-electron chi connectivity index (χ3n) is 4.68. The van der Waals surface area contributed by atoms with E-state index in [0.29, 0.717) is 6.10 Å². The van der Waals surface area contributed by atoms with Crippen LogP contribution in [0.25, 0.3) is 0 Å². The van der Waals surface area contributed by atoms with Crippen molar-refractivity contribution in [2.75, 3.05) is 33.7 Å². The normalized spacial score (nSPS) is 26.4. The van der Waals surface area contributed by atoms with Crippen molar-refractivity contribution in [3.8, 4) is 0 Å². The molecule has 1 aliphatic carbocycles. The van der Waals surface area contributed by atoms with Gasteiger partial charge in [0.1, 0.15) is 0 Å². The van der Waals surface area contributed by atoms with E-state index in [1.807, 2.05) is 0 Å². The Kier molecular flexibility index (Phi) is 6.11. The number of nitrogens with one attached hydrogen (secondary N) is 1. The number of hydrogen-bond acceptors (Lipinski definition) is 3. The molecular weight excluding hydrogens is 236 g/mol. The molecule has 0 aromatic carbocycles. The second-order valence-electron chi connectivity index (χ2n) is 6.74. The van der Waals surface area contributed by atoms with Gasteiger partial charge >= 0.3 is 0 Å². The monoisotopic (exact) mass is 268 g/mol. The number of ether oxygens (including phenoxy) is 1. The lowest BCUT2D eigenvalue weighted by molar-refractivity contribution is -0.0623. The summed E-state index contributed by atoms with van der Waals surface area (Å²) in [6.45, 7) is 3.40. The predicted molar refractivity (Wildman–Crippen MR) is 80.6 cm³/mol. The molecular formula is C16H32N2O. The molecule has 2 aliphatic rings.